The highest BCUT2D eigenvalue weighted by molar-refractivity contribution is 7.90. The summed E-state index contributed by atoms with van der Waals surface area (Å²) < 4.78 is 21.0. The van der Waals surface area contributed by atoms with Gasteiger partial charge in [-0.2, -0.15) is 0 Å². The molecule has 140 valence electrons. The molecule has 0 saturated heterocycles. The molecule has 0 unspecified atom stereocenters. The Morgan fingerprint density at radius 2 is 1.92 bits per heavy atom. The van der Waals surface area contributed by atoms with Gasteiger partial charge in [-0.25, -0.2) is 4.98 Å². The van der Waals surface area contributed by atoms with Crippen LogP contribution in [0.2, 0.25) is 5.15 Å². The van der Waals surface area contributed by atoms with E-state index >= 15 is 0 Å². The molecule has 0 amide bonds. The van der Waals surface area contributed by atoms with Crippen molar-refractivity contribution in [2.45, 2.75) is 64.7 Å². The number of hydrogen-bond acceptors (Lipinski definition) is 4. The van der Waals surface area contributed by atoms with Gasteiger partial charge in [-0.1, -0.05) is 32.4 Å². The van der Waals surface area contributed by atoms with E-state index in [9.17, 15) is 4.55 Å². The molecule has 0 fully saturated rings. The molecule has 6 heteroatoms. The van der Waals surface area contributed by atoms with E-state index in [0.717, 1.165) is 5.56 Å². The van der Waals surface area contributed by atoms with Gasteiger partial charge in [-0.15, -0.1) is 17.1 Å². The van der Waals surface area contributed by atoms with Gasteiger partial charge in [-0.05, 0) is 44.2 Å². The lowest BCUT2D eigenvalue weighted by molar-refractivity contribution is 0.167. The number of halogens is 1. The van der Waals surface area contributed by atoms with E-state index in [1.165, 1.54) is 0 Å². The van der Waals surface area contributed by atoms with Gasteiger partial charge in [0, 0.05) is 24.0 Å². The predicted octanol–water partition coefficient (Wildman–Crippen LogP) is 4.15. The summed E-state index contributed by atoms with van der Waals surface area (Å²) in [6.07, 6.45) is 8.38. The molecule has 4 nitrogen and oxygen atoms in total. The molecule has 0 aromatic carbocycles. The summed E-state index contributed by atoms with van der Waals surface area (Å²) in [4.78, 5) is 4.19. The lowest BCUT2D eigenvalue weighted by atomic mass is 9.69. The zero-order chi connectivity index (χ0) is 19.5. The van der Waals surface area contributed by atoms with E-state index < -0.39 is 21.6 Å². The first-order chi connectivity index (χ1) is 11.4. The highest BCUT2D eigenvalue weighted by Crippen LogP contribution is 2.38. The van der Waals surface area contributed by atoms with Crippen molar-refractivity contribution in [1.82, 2.24) is 9.71 Å². The van der Waals surface area contributed by atoms with Crippen molar-refractivity contribution in [3.8, 4) is 18.1 Å². The molecule has 25 heavy (non-hydrogen) atoms. The number of hydrogen-bond donors (Lipinski definition) is 1. The topological polar surface area (TPSA) is 57.2 Å². The molecular weight excluding hydrogens is 356 g/mol. The van der Waals surface area contributed by atoms with Crippen LogP contribution in [-0.2, 0) is 17.8 Å². The maximum absolute atomic E-state index is 12.8. The molecular formula is C19H29ClN2O2S. The van der Waals surface area contributed by atoms with Crippen molar-refractivity contribution in [3.63, 3.8) is 0 Å². The molecule has 0 aliphatic heterocycles. The van der Waals surface area contributed by atoms with Crippen LogP contribution < -0.4 is 9.46 Å². The molecule has 1 aromatic heterocycles. The fourth-order valence-corrected chi connectivity index (χ4v) is 3.67. The Morgan fingerprint density at radius 3 is 2.36 bits per heavy atom. The second-order valence-electron chi connectivity index (χ2n) is 8.21. The van der Waals surface area contributed by atoms with Crippen LogP contribution in [0.5, 0.6) is 5.75 Å². The van der Waals surface area contributed by atoms with E-state index in [1.54, 1.807) is 13.3 Å². The van der Waals surface area contributed by atoms with Crippen molar-refractivity contribution < 1.29 is 9.29 Å². The molecule has 0 spiro atoms. The summed E-state index contributed by atoms with van der Waals surface area (Å²) in [7, 11) is 1.55. The maximum Gasteiger partial charge on any atom is 0.171 e. The summed E-state index contributed by atoms with van der Waals surface area (Å²) in [6, 6.07) is 1.86. The van der Waals surface area contributed by atoms with Crippen LogP contribution in [0.15, 0.2) is 12.3 Å². The summed E-state index contributed by atoms with van der Waals surface area (Å²) in [5.74, 6) is 3.27. The normalized spacial score (nSPS) is 16.0. The van der Waals surface area contributed by atoms with Crippen molar-refractivity contribution in [2.75, 3.05) is 7.11 Å². The number of methoxy groups -OCH3 is 1. The molecule has 0 radical (unpaired) electrons. The third kappa shape index (κ3) is 5.52. The number of nitrogens with one attached hydrogen (secondary N) is 1. The van der Waals surface area contributed by atoms with Gasteiger partial charge in [0.2, 0.25) is 0 Å². The Hall–Kier alpha value is -0.930. The number of nitrogens with zero attached hydrogens (tertiary/aromatic N) is 1. The van der Waals surface area contributed by atoms with E-state index in [0.29, 0.717) is 23.7 Å². The van der Waals surface area contributed by atoms with E-state index in [4.69, 9.17) is 22.8 Å². The number of aromatic nitrogens is 1. The summed E-state index contributed by atoms with van der Waals surface area (Å²) >= 11 is 4.77. The minimum absolute atomic E-state index is 0.243. The Labute approximate surface area is 160 Å². The third-order valence-electron chi connectivity index (χ3n) is 4.27. The molecule has 0 aliphatic rings. The monoisotopic (exact) mass is 384 g/mol. The van der Waals surface area contributed by atoms with Crippen molar-refractivity contribution >= 4 is 23.0 Å². The minimum Gasteiger partial charge on any atom is -0.598 e. The molecule has 0 bridgehead atoms. The third-order valence-corrected chi connectivity index (χ3v) is 6.25. The maximum atomic E-state index is 12.8. The van der Waals surface area contributed by atoms with Crippen LogP contribution >= 0.6 is 11.6 Å². The highest BCUT2D eigenvalue weighted by atomic mass is 35.5. The minimum atomic E-state index is -1.26. The standard InChI is InChI=1S/C19H29ClN2O2S/c1-9-10-19(17(2,3)4,22-25(23)18(5,6)7)12-14-11-15(24-8)16(20)21-13-14/h1,11,13,22H,10,12H2,2-8H3/t19-,25-/m1/s1. The molecule has 1 aromatic rings. The van der Waals surface area contributed by atoms with E-state index in [1.807, 2.05) is 26.8 Å². The lowest BCUT2D eigenvalue weighted by Crippen LogP contribution is -2.61. The average molecular weight is 385 g/mol. The van der Waals surface area contributed by atoms with Gasteiger partial charge in [0.25, 0.3) is 0 Å². The largest absolute Gasteiger partial charge is 0.598 e. The van der Waals surface area contributed by atoms with Gasteiger partial charge in [0.15, 0.2) is 10.9 Å². The van der Waals surface area contributed by atoms with Crippen molar-refractivity contribution in [2.24, 2.45) is 5.41 Å². The Kier molecular flexibility index (Phi) is 7.23. The first-order valence-electron chi connectivity index (χ1n) is 8.18. The van der Waals surface area contributed by atoms with Gasteiger partial charge in [-0.3, -0.25) is 0 Å². The van der Waals surface area contributed by atoms with E-state index in [2.05, 4.69) is 36.4 Å². The van der Waals surface area contributed by atoms with Crippen LogP contribution in [-0.4, -0.2) is 26.9 Å². The van der Waals surface area contributed by atoms with Crippen LogP contribution in [0.3, 0.4) is 0 Å². The molecule has 2 atom stereocenters. The number of terminal acetylenes is 1. The van der Waals surface area contributed by atoms with E-state index in [-0.39, 0.29) is 5.41 Å². The highest BCUT2D eigenvalue weighted by Gasteiger charge is 2.47. The average Bonchev–Trinajstić information content (AvgIpc) is 2.47. The van der Waals surface area contributed by atoms with Crippen LogP contribution in [0.25, 0.3) is 0 Å². The Morgan fingerprint density at radius 1 is 1.32 bits per heavy atom. The SMILES string of the molecule is C#CC[C@](Cc1cnc(Cl)c(OC)c1)(N[S@+]([O-])C(C)(C)C)C(C)(C)C. The zero-order valence-electron chi connectivity index (χ0n) is 16.2. The summed E-state index contributed by atoms with van der Waals surface area (Å²) in [6.45, 7) is 12.1. The Bertz CT molecular complexity index is 632. The fourth-order valence-electron chi connectivity index (χ4n) is 2.38. The molecule has 0 saturated carbocycles. The van der Waals surface area contributed by atoms with Gasteiger partial charge >= 0.3 is 0 Å². The van der Waals surface area contributed by atoms with Crippen molar-refractivity contribution in [3.05, 3.63) is 23.0 Å². The Balaban J connectivity index is 3.33. The van der Waals surface area contributed by atoms with Crippen LogP contribution in [0, 0.1) is 17.8 Å². The van der Waals surface area contributed by atoms with Crippen LogP contribution in [0.4, 0.5) is 0 Å². The first kappa shape index (κ1) is 22.1. The fraction of sp³-hybridized carbons (Fsp3) is 0.632. The number of rotatable bonds is 6. The summed E-state index contributed by atoms with van der Waals surface area (Å²) in [5, 5.41) is 0.316. The summed E-state index contributed by atoms with van der Waals surface area (Å²) in [5.41, 5.74) is 0.109. The number of pyridine rings is 1. The number of ether oxygens (including phenoxy) is 1. The van der Waals surface area contributed by atoms with Crippen LogP contribution in [0.1, 0.15) is 53.5 Å². The van der Waals surface area contributed by atoms with Gasteiger partial charge in [0.05, 0.1) is 12.6 Å². The lowest BCUT2D eigenvalue weighted by Gasteiger charge is -2.45. The molecule has 1 rings (SSSR count). The van der Waals surface area contributed by atoms with Gasteiger partial charge in [0.1, 0.15) is 4.75 Å². The quantitative estimate of drug-likeness (QED) is 0.454. The predicted molar refractivity (Wildman–Crippen MR) is 106 cm³/mol. The molecule has 1 heterocycles. The smallest absolute Gasteiger partial charge is 0.171 e. The first-order valence-corrected chi connectivity index (χ1v) is 9.70. The van der Waals surface area contributed by atoms with Gasteiger partial charge < -0.3 is 9.29 Å². The second kappa shape index (κ2) is 8.18. The zero-order valence-corrected chi connectivity index (χ0v) is 17.8. The van der Waals surface area contributed by atoms with Crippen molar-refractivity contribution in [1.29, 1.82) is 0 Å². The molecule has 0 aliphatic carbocycles. The molecule has 1 N–H and O–H groups in total. The second-order valence-corrected chi connectivity index (χ2v) is 10.5.